The standard InChI is InChI=1S/C21H18N8S2/c1-2-8-23-18(5-1)29-12-7-20(15-4-3-9-22-15,19-24-11-13-30-19)21(29,16-6-10-25-26-16)17-14-31-28-27-17/h1-6,8-11,13-14,22H,7,12H2,(H,25,26). The lowest BCUT2D eigenvalue weighted by Crippen LogP contribution is -2.56. The van der Waals surface area contributed by atoms with Gasteiger partial charge in [0.05, 0.1) is 11.1 Å². The maximum absolute atomic E-state index is 4.84. The van der Waals surface area contributed by atoms with Gasteiger partial charge in [-0.05, 0) is 48.3 Å². The molecule has 5 aromatic rings. The molecule has 0 spiro atoms. The van der Waals surface area contributed by atoms with Crippen LogP contribution in [0.25, 0.3) is 0 Å². The van der Waals surface area contributed by atoms with E-state index in [9.17, 15) is 0 Å². The molecule has 5 aromatic heterocycles. The third-order valence-electron chi connectivity index (χ3n) is 6.14. The van der Waals surface area contributed by atoms with Gasteiger partial charge >= 0.3 is 0 Å². The van der Waals surface area contributed by atoms with Crippen LogP contribution in [0.5, 0.6) is 0 Å². The lowest BCUT2D eigenvalue weighted by Gasteiger charge is -2.47. The Morgan fingerprint density at radius 3 is 2.68 bits per heavy atom. The Balaban J connectivity index is 1.76. The van der Waals surface area contributed by atoms with Gasteiger partial charge in [-0.1, -0.05) is 10.6 Å². The molecule has 0 saturated carbocycles. The molecule has 1 fully saturated rings. The molecule has 0 radical (unpaired) electrons. The predicted octanol–water partition coefficient (Wildman–Crippen LogP) is 3.58. The zero-order valence-electron chi connectivity index (χ0n) is 16.3. The van der Waals surface area contributed by atoms with Gasteiger partial charge < -0.3 is 9.88 Å². The van der Waals surface area contributed by atoms with E-state index in [-0.39, 0.29) is 0 Å². The Morgan fingerprint density at radius 2 is 2.00 bits per heavy atom. The number of H-pyrrole nitrogens is 2. The molecule has 0 aliphatic carbocycles. The van der Waals surface area contributed by atoms with E-state index in [1.807, 2.05) is 59.7 Å². The first-order chi connectivity index (χ1) is 15.4. The van der Waals surface area contributed by atoms with E-state index < -0.39 is 11.0 Å². The van der Waals surface area contributed by atoms with Gasteiger partial charge in [0.1, 0.15) is 22.1 Å². The van der Waals surface area contributed by atoms with Crippen LogP contribution in [0.1, 0.15) is 28.5 Å². The molecule has 1 aliphatic heterocycles. The maximum Gasteiger partial charge on any atom is 0.146 e. The van der Waals surface area contributed by atoms with Gasteiger partial charge in [-0.3, -0.25) is 5.10 Å². The second kappa shape index (κ2) is 7.10. The molecule has 0 aromatic carbocycles. The second-order valence-corrected chi connectivity index (χ2v) is 8.89. The highest BCUT2D eigenvalue weighted by atomic mass is 32.1. The molecular weight excluding hydrogens is 428 g/mol. The van der Waals surface area contributed by atoms with E-state index in [0.717, 1.165) is 40.9 Å². The second-order valence-electron chi connectivity index (χ2n) is 7.39. The fraction of sp³-hybridized carbons (Fsp3) is 0.190. The Kier molecular flexibility index (Phi) is 4.22. The highest BCUT2D eigenvalue weighted by molar-refractivity contribution is 7.09. The van der Waals surface area contributed by atoms with Crippen molar-refractivity contribution < 1.29 is 0 Å². The molecule has 1 aliphatic rings. The third-order valence-corrected chi connectivity index (χ3v) is 7.57. The fourth-order valence-electron chi connectivity index (χ4n) is 5.04. The molecule has 154 valence electrons. The minimum atomic E-state index is -0.770. The van der Waals surface area contributed by atoms with Gasteiger partial charge in [-0.2, -0.15) is 5.10 Å². The number of rotatable bonds is 5. The molecule has 1 saturated heterocycles. The van der Waals surface area contributed by atoms with Gasteiger partial charge in [-0.15, -0.1) is 16.4 Å². The summed E-state index contributed by atoms with van der Waals surface area (Å²) < 4.78 is 4.26. The Hall–Kier alpha value is -3.37. The molecule has 2 N–H and O–H groups in total. The Labute approximate surface area is 186 Å². The summed E-state index contributed by atoms with van der Waals surface area (Å²) in [6.07, 6.45) is 8.25. The number of nitrogens with zero attached hydrogens (tertiary/aromatic N) is 6. The van der Waals surface area contributed by atoms with Crippen LogP contribution in [0.4, 0.5) is 5.82 Å². The number of nitrogens with one attached hydrogen (secondary N) is 2. The predicted molar refractivity (Wildman–Crippen MR) is 119 cm³/mol. The summed E-state index contributed by atoms with van der Waals surface area (Å²) in [5, 5.41) is 17.3. The van der Waals surface area contributed by atoms with Gasteiger partial charge in [0.15, 0.2) is 0 Å². The number of aromatic amines is 2. The van der Waals surface area contributed by atoms with Crippen molar-refractivity contribution in [1.29, 1.82) is 0 Å². The number of aromatic nitrogens is 7. The molecule has 2 unspecified atom stereocenters. The number of hydrogen-bond donors (Lipinski definition) is 2. The van der Waals surface area contributed by atoms with Crippen molar-refractivity contribution in [3.05, 3.63) is 94.0 Å². The molecule has 6 rings (SSSR count). The number of thiazole rings is 1. The normalized spacial score (nSPS) is 23.4. The molecule has 6 heterocycles. The van der Waals surface area contributed by atoms with Crippen LogP contribution in [0, 0.1) is 0 Å². The first kappa shape index (κ1) is 18.4. The van der Waals surface area contributed by atoms with Crippen LogP contribution in [0.15, 0.2) is 71.9 Å². The number of hydrogen-bond acceptors (Lipinski definition) is 8. The van der Waals surface area contributed by atoms with Gasteiger partial charge in [0.25, 0.3) is 0 Å². The smallest absolute Gasteiger partial charge is 0.146 e. The molecular formula is C21H18N8S2. The first-order valence-electron chi connectivity index (χ1n) is 9.87. The van der Waals surface area contributed by atoms with Crippen molar-refractivity contribution >= 4 is 28.7 Å². The first-order valence-corrected chi connectivity index (χ1v) is 11.6. The number of pyridine rings is 1. The SMILES string of the molecule is c1ccc(N2CCC(c3ccc[nH]3)(c3nccs3)C2(c2csnn2)c2ccn[nH]2)nc1. The van der Waals surface area contributed by atoms with Crippen molar-refractivity contribution in [3.8, 4) is 0 Å². The monoisotopic (exact) mass is 446 g/mol. The van der Waals surface area contributed by atoms with E-state index in [1.54, 1.807) is 17.5 Å². The highest BCUT2D eigenvalue weighted by Gasteiger charge is 2.67. The average molecular weight is 447 g/mol. The van der Waals surface area contributed by atoms with Crippen LogP contribution in [-0.4, -0.2) is 41.3 Å². The van der Waals surface area contributed by atoms with E-state index in [0.29, 0.717) is 0 Å². The Bertz CT molecular complexity index is 1160. The van der Waals surface area contributed by atoms with Gasteiger partial charge in [-0.25, -0.2) is 9.97 Å². The Morgan fingerprint density at radius 1 is 1.00 bits per heavy atom. The largest absolute Gasteiger partial charge is 0.364 e. The average Bonchev–Trinajstić information content (AvgIpc) is 3.64. The van der Waals surface area contributed by atoms with Crippen LogP contribution >= 0.6 is 22.9 Å². The summed E-state index contributed by atoms with van der Waals surface area (Å²) in [6, 6.07) is 12.2. The molecule has 0 bridgehead atoms. The number of anilines is 1. The van der Waals surface area contributed by atoms with Crippen LogP contribution in [0.3, 0.4) is 0 Å². The lowest BCUT2D eigenvalue weighted by molar-refractivity contribution is 0.334. The summed E-state index contributed by atoms with van der Waals surface area (Å²) in [5.74, 6) is 0.870. The van der Waals surface area contributed by atoms with Crippen molar-refractivity contribution in [2.75, 3.05) is 11.4 Å². The summed E-state index contributed by atoms with van der Waals surface area (Å²) in [7, 11) is 0. The molecule has 2 atom stereocenters. The fourth-order valence-corrected chi connectivity index (χ4v) is 6.48. The van der Waals surface area contributed by atoms with Crippen molar-refractivity contribution in [1.82, 2.24) is 34.7 Å². The zero-order chi connectivity index (χ0) is 20.7. The topological polar surface area (TPSA) is 99.3 Å². The third kappa shape index (κ3) is 2.42. The molecule has 8 nitrogen and oxygen atoms in total. The highest BCUT2D eigenvalue weighted by Crippen LogP contribution is 2.60. The quantitative estimate of drug-likeness (QED) is 0.428. The summed E-state index contributed by atoms with van der Waals surface area (Å²) in [6.45, 7) is 0.756. The summed E-state index contributed by atoms with van der Waals surface area (Å²) in [5.41, 5.74) is 1.52. The molecule has 31 heavy (non-hydrogen) atoms. The van der Waals surface area contributed by atoms with E-state index in [2.05, 4.69) is 35.7 Å². The lowest BCUT2D eigenvalue weighted by atomic mass is 9.64. The molecule has 0 amide bonds. The summed E-state index contributed by atoms with van der Waals surface area (Å²) in [4.78, 5) is 15.4. The van der Waals surface area contributed by atoms with Crippen molar-refractivity contribution in [2.24, 2.45) is 0 Å². The van der Waals surface area contributed by atoms with Gasteiger partial charge in [0, 0.05) is 47.8 Å². The van der Waals surface area contributed by atoms with Crippen molar-refractivity contribution in [2.45, 2.75) is 17.4 Å². The molecule has 10 heteroatoms. The van der Waals surface area contributed by atoms with E-state index >= 15 is 0 Å². The van der Waals surface area contributed by atoms with Crippen LogP contribution < -0.4 is 4.90 Å². The van der Waals surface area contributed by atoms with Crippen molar-refractivity contribution in [3.63, 3.8) is 0 Å². The zero-order valence-corrected chi connectivity index (χ0v) is 18.0. The summed E-state index contributed by atoms with van der Waals surface area (Å²) >= 11 is 3.00. The minimum absolute atomic E-state index is 0.551. The van der Waals surface area contributed by atoms with Crippen LogP contribution in [-0.2, 0) is 11.0 Å². The minimum Gasteiger partial charge on any atom is -0.364 e. The van der Waals surface area contributed by atoms with Crippen LogP contribution in [0.2, 0.25) is 0 Å². The van der Waals surface area contributed by atoms with E-state index in [1.165, 1.54) is 11.5 Å². The maximum atomic E-state index is 4.84. The van der Waals surface area contributed by atoms with Gasteiger partial charge in [0.2, 0.25) is 0 Å². The van der Waals surface area contributed by atoms with E-state index in [4.69, 9.17) is 9.97 Å².